The predicted octanol–water partition coefficient (Wildman–Crippen LogP) is 2.71. The number of carbonyl (C=O) groups excluding carboxylic acids is 1. The van der Waals surface area contributed by atoms with E-state index in [1.54, 1.807) is 20.8 Å². The van der Waals surface area contributed by atoms with Crippen molar-refractivity contribution in [2.24, 2.45) is 5.92 Å². The fourth-order valence-corrected chi connectivity index (χ4v) is 2.05. The highest BCUT2D eigenvalue weighted by molar-refractivity contribution is 5.80. The van der Waals surface area contributed by atoms with Crippen molar-refractivity contribution in [3.8, 4) is 0 Å². The lowest BCUT2D eigenvalue weighted by atomic mass is 9.90. The molecule has 5 heteroatoms. The Bertz CT molecular complexity index is 357. The van der Waals surface area contributed by atoms with Gasteiger partial charge in [-0.15, -0.1) is 0 Å². The van der Waals surface area contributed by atoms with Gasteiger partial charge >= 0.3 is 12.1 Å². The van der Waals surface area contributed by atoms with Crippen LogP contribution in [0.3, 0.4) is 0 Å². The molecule has 0 fully saturated rings. The third kappa shape index (κ3) is 6.27. The van der Waals surface area contributed by atoms with E-state index < -0.39 is 23.7 Å². The first-order chi connectivity index (χ1) is 8.78. The average molecular weight is 269 g/mol. The highest BCUT2D eigenvalue weighted by Crippen LogP contribution is 2.22. The van der Waals surface area contributed by atoms with E-state index in [1.807, 2.05) is 6.08 Å². The van der Waals surface area contributed by atoms with Crippen LogP contribution in [0.15, 0.2) is 12.2 Å². The number of alkyl carbamates (subject to hydrolysis) is 1. The van der Waals surface area contributed by atoms with E-state index in [9.17, 15) is 9.59 Å². The zero-order valence-electron chi connectivity index (χ0n) is 11.8. The Morgan fingerprint density at radius 2 is 2.16 bits per heavy atom. The lowest BCUT2D eigenvalue weighted by molar-refractivity contribution is -0.139. The number of carboxylic acids is 1. The van der Waals surface area contributed by atoms with Crippen molar-refractivity contribution in [1.82, 2.24) is 5.32 Å². The highest BCUT2D eigenvalue weighted by atomic mass is 16.6. The van der Waals surface area contributed by atoms with Crippen molar-refractivity contribution >= 4 is 12.1 Å². The first kappa shape index (κ1) is 15.5. The fraction of sp³-hybridized carbons (Fsp3) is 0.714. The van der Waals surface area contributed by atoms with Crippen molar-refractivity contribution in [1.29, 1.82) is 0 Å². The SMILES string of the molecule is CC(C)(C)OC(=O)NC(CC1C=CCCC1)C(=O)O. The van der Waals surface area contributed by atoms with Crippen LogP contribution < -0.4 is 5.32 Å². The lowest BCUT2D eigenvalue weighted by Gasteiger charge is -2.24. The van der Waals surface area contributed by atoms with Crippen LogP contribution in [-0.2, 0) is 9.53 Å². The molecule has 0 bridgehead atoms. The van der Waals surface area contributed by atoms with Gasteiger partial charge in [0.1, 0.15) is 11.6 Å². The fourth-order valence-electron chi connectivity index (χ4n) is 2.05. The molecular formula is C14H23NO4. The number of rotatable bonds is 4. The van der Waals surface area contributed by atoms with Crippen LogP contribution in [0.25, 0.3) is 0 Å². The Morgan fingerprint density at radius 1 is 1.47 bits per heavy atom. The summed E-state index contributed by atoms with van der Waals surface area (Å²) in [5, 5.41) is 11.6. The van der Waals surface area contributed by atoms with Crippen LogP contribution in [0.2, 0.25) is 0 Å². The minimum absolute atomic E-state index is 0.213. The minimum atomic E-state index is -1.02. The molecular weight excluding hydrogens is 246 g/mol. The molecule has 19 heavy (non-hydrogen) atoms. The number of hydrogen-bond donors (Lipinski definition) is 2. The second kappa shape index (κ2) is 6.59. The van der Waals surface area contributed by atoms with Crippen LogP contribution >= 0.6 is 0 Å². The summed E-state index contributed by atoms with van der Waals surface area (Å²) in [7, 11) is 0. The van der Waals surface area contributed by atoms with Crippen LogP contribution in [0.4, 0.5) is 4.79 Å². The maximum Gasteiger partial charge on any atom is 0.408 e. The van der Waals surface area contributed by atoms with Crippen LogP contribution in [0, 0.1) is 5.92 Å². The van der Waals surface area contributed by atoms with Crippen molar-refractivity contribution in [2.45, 2.75) is 58.1 Å². The molecule has 0 radical (unpaired) electrons. The van der Waals surface area contributed by atoms with Crippen molar-refractivity contribution < 1.29 is 19.4 Å². The molecule has 5 nitrogen and oxygen atoms in total. The number of allylic oxidation sites excluding steroid dienone is 2. The number of carbonyl (C=O) groups is 2. The molecule has 108 valence electrons. The van der Waals surface area contributed by atoms with Gasteiger partial charge in [0.2, 0.25) is 0 Å². The van der Waals surface area contributed by atoms with E-state index in [2.05, 4.69) is 11.4 Å². The second-order valence-electron chi connectivity index (χ2n) is 5.89. The summed E-state index contributed by atoms with van der Waals surface area (Å²) < 4.78 is 5.08. The molecule has 1 amide bonds. The molecule has 0 spiro atoms. The zero-order chi connectivity index (χ0) is 14.5. The minimum Gasteiger partial charge on any atom is -0.480 e. The van der Waals surface area contributed by atoms with Gasteiger partial charge in [0.05, 0.1) is 0 Å². The molecule has 1 rings (SSSR count). The van der Waals surface area contributed by atoms with Gasteiger partial charge in [-0.3, -0.25) is 0 Å². The number of nitrogens with one attached hydrogen (secondary N) is 1. The number of amides is 1. The zero-order valence-corrected chi connectivity index (χ0v) is 11.8. The Morgan fingerprint density at radius 3 is 2.63 bits per heavy atom. The molecule has 0 aromatic heterocycles. The summed E-state index contributed by atoms with van der Waals surface area (Å²) in [6.45, 7) is 5.23. The third-order valence-corrected chi connectivity index (χ3v) is 2.88. The monoisotopic (exact) mass is 269 g/mol. The van der Waals surface area contributed by atoms with E-state index in [-0.39, 0.29) is 5.92 Å². The molecule has 2 atom stereocenters. The average Bonchev–Trinajstić information content (AvgIpc) is 2.26. The highest BCUT2D eigenvalue weighted by Gasteiger charge is 2.26. The van der Waals surface area contributed by atoms with Crippen LogP contribution in [-0.4, -0.2) is 28.8 Å². The van der Waals surface area contributed by atoms with Gasteiger partial charge in [-0.05, 0) is 52.4 Å². The predicted molar refractivity (Wildman–Crippen MR) is 71.9 cm³/mol. The Balaban J connectivity index is 2.53. The van der Waals surface area contributed by atoms with Gasteiger partial charge in [-0.2, -0.15) is 0 Å². The van der Waals surface area contributed by atoms with Crippen molar-refractivity contribution in [3.63, 3.8) is 0 Å². The van der Waals surface area contributed by atoms with Crippen LogP contribution in [0.1, 0.15) is 46.5 Å². The Hall–Kier alpha value is -1.52. The molecule has 0 saturated carbocycles. The van der Waals surface area contributed by atoms with Gasteiger partial charge < -0.3 is 15.2 Å². The quantitative estimate of drug-likeness (QED) is 0.769. The Kier molecular flexibility index (Phi) is 5.39. The van der Waals surface area contributed by atoms with Gasteiger partial charge in [-0.25, -0.2) is 9.59 Å². The standard InChI is InChI=1S/C14H23NO4/c1-14(2,3)19-13(18)15-11(12(16)17)9-10-7-5-4-6-8-10/h5,7,10-11H,4,6,8-9H2,1-3H3,(H,15,18)(H,16,17). The summed E-state index contributed by atoms with van der Waals surface area (Å²) >= 11 is 0. The first-order valence-corrected chi connectivity index (χ1v) is 6.67. The molecule has 0 saturated heterocycles. The summed E-state index contributed by atoms with van der Waals surface area (Å²) in [5.41, 5.74) is -0.627. The maximum absolute atomic E-state index is 11.6. The number of carboxylic acid groups (broad SMARTS) is 1. The molecule has 0 aliphatic heterocycles. The van der Waals surface area contributed by atoms with E-state index in [0.29, 0.717) is 6.42 Å². The molecule has 0 aromatic carbocycles. The topological polar surface area (TPSA) is 75.6 Å². The molecule has 0 aromatic rings. The van der Waals surface area contributed by atoms with Crippen molar-refractivity contribution in [2.75, 3.05) is 0 Å². The van der Waals surface area contributed by atoms with E-state index in [0.717, 1.165) is 19.3 Å². The summed E-state index contributed by atoms with van der Waals surface area (Å²) in [5.74, 6) is -0.811. The number of aliphatic carboxylic acids is 1. The molecule has 2 unspecified atom stereocenters. The van der Waals surface area contributed by atoms with Crippen molar-refractivity contribution in [3.05, 3.63) is 12.2 Å². The van der Waals surface area contributed by atoms with Gasteiger partial charge in [-0.1, -0.05) is 12.2 Å². The summed E-state index contributed by atoms with van der Waals surface area (Å²) in [4.78, 5) is 22.8. The normalized spacial score (nSPS) is 20.7. The van der Waals surface area contributed by atoms with Crippen LogP contribution in [0.5, 0.6) is 0 Å². The van der Waals surface area contributed by atoms with E-state index >= 15 is 0 Å². The van der Waals surface area contributed by atoms with Gasteiger partial charge in [0.25, 0.3) is 0 Å². The first-order valence-electron chi connectivity index (χ1n) is 6.67. The number of hydrogen-bond acceptors (Lipinski definition) is 3. The van der Waals surface area contributed by atoms with Gasteiger partial charge in [0.15, 0.2) is 0 Å². The smallest absolute Gasteiger partial charge is 0.408 e. The maximum atomic E-state index is 11.6. The Labute approximate surface area is 114 Å². The summed E-state index contributed by atoms with van der Waals surface area (Å²) in [6.07, 6.45) is 6.92. The van der Waals surface area contributed by atoms with E-state index in [1.165, 1.54) is 0 Å². The molecule has 1 aliphatic rings. The molecule has 1 aliphatic carbocycles. The molecule has 2 N–H and O–H groups in total. The molecule has 0 heterocycles. The van der Waals surface area contributed by atoms with E-state index in [4.69, 9.17) is 9.84 Å². The van der Waals surface area contributed by atoms with Gasteiger partial charge in [0, 0.05) is 0 Å². The second-order valence-corrected chi connectivity index (χ2v) is 5.89. The third-order valence-electron chi connectivity index (χ3n) is 2.88. The largest absolute Gasteiger partial charge is 0.480 e. The lowest BCUT2D eigenvalue weighted by Crippen LogP contribution is -2.44. The number of ether oxygens (including phenoxy) is 1. The summed E-state index contributed by atoms with van der Waals surface area (Å²) in [6, 6.07) is -0.900.